The molecule has 6 nitrogen and oxygen atoms in total. The number of nitrogens with one attached hydrogen (secondary N) is 1. The maximum Gasteiger partial charge on any atom is 0.335 e. The van der Waals surface area contributed by atoms with Gasteiger partial charge in [-0.05, 0) is 55.0 Å². The number of carbonyl (C=O) groups excluding carboxylic acids is 3. The predicted octanol–water partition coefficient (Wildman–Crippen LogP) is 5.14. The Morgan fingerprint density at radius 3 is 2.58 bits per heavy atom. The van der Waals surface area contributed by atoms with Crippen molar-refractivity contribution >= 4 is 45.5 Å². The lowest BCUT2D eigenvalue weighted by atomic mass is 10.1. The number of barbiturate groups is 1. The Balaban J connectivity index is 1.69. The second kappa shape index (κ2) is 9.38. The number of hydrogen-bond acceptors (Lipinski definition) is 4. The van der Waals surface area contributed by atoms with Crippen LogP contribution in [0.3, 0.4) is 0 Å². The van der Waals surface area contributed by atoms with Crippen molar-refractivity contribution in [1.82, 2.24) is 5.32 Å². The maximum atomic E-state index is 14.0. The van der Waals surface area contributed by atoms with E-state index in [1.807, 2.05) is 13.0 Å². The number of urea groups is 1. The van der Waals surface area contributed by atoms with Gasteiger partial charge in [-0.3, -0.25) is 14.9 Å². The summed E-state index contributed by atoms with van der Waals surface area (Å²) in [6.45, 7) is 1.79. The van der Waals surface area contributed by atoms with Crippen molar-refractivity contribution in [1.29, 1.82) is 0 Å². The molecule has 33 heavy (non-hydrogen) atoms. The molecule has 1 saturated heterocycles. The van der Waals surface area contributed by atoms with E-state index in [1.165, 1.54) is 12.1 Å². The summed E-state index contributed by atoms with van der Waals surface area (Å²) >= 11 is 3.37. The lowest BCUT2D eigenvalue weighted by Crippen LogP contribution is -2.54. The number of benzene rings is 3. The van der Waals surface area contributed by atoms with E-state index in [9.17, 15) is 18.8 Å². The molecule has 1 aliphatic rings. The van der Waals surface area contributed by atoms with E-state index in [-0.39, 0.29) is 12.2 Å². The van der Waals surface area contributed by atoms with Crippen LogP contribution in [0.25, 0.3) is 6.08 Å². The maximum absolute atomic E-state index is 14.0. The number of hydrogen-bond donors (Lipinski definition) is 1. The van der Waals surface area contributed by atoms with E-state index in [2.05, 4.69) is 21.2 Å². The van der Waals surface area contributed by atoms with Crippen LogP contribution in [0.15, 0.2) is 76.8 Å². The number of amides is 4. The number of anilines is 1. The van der Waals surface area contributed by atoms with Crippen LogP contribution in [0.5, 0.6) is 5.75 Å². The minimum Gasteiger partial charge on any atom is -0.488 e. The molecule has 8 heteroatoms. The van der Waals surface area contributed by atoms with Crippen molar-refractivity contribution in [3.05, 3.63) is 99.3 Å². The summed E-state index contributed by atoms with van der Waals surface area (Å²) in [6.07, 6.45) is 1.36. The summed E-state index contributed by atoms with van der Waals surface area (Å²) in [6, 6.07) is 17.3. The zero-order chi connectivity index (χ0) is 23.5. The first kappa shape index (κ1) is 22.4. The van der Waals surface area contributed by atoms with Crippen LogP contribution in [0.1, 0.15) is 16.7 Å². The van der Waals surface area contributed by atoms with E-state index >= 15 is 0 Å². The van der Waals surface area contributed by atoms with Gasteiger partial charge in [-0.15, -0.1) is 0 Å². The zero-order valence-corrected chi connectivity index (χ0v) is 19.1. The predicted molar refractivity (Wildman–Crippen MR) is 125 cm³/mol. The summed E-state index contributed by atoms with van der Waals surface area (Å²) in [5, 5.41) is 2.20. The summed E-state index contributed by atoms with van der Waals surface area (Å²) in [5.41, 5.74) is 1.75. The lowest BCUT2D eigenvalue weighted by molar-refractivity contribution is -0.122. The van der Waals surface area contributed by atoms with Gasteiger partial charge in [0.15, 0.2) is 0 Å². The topological polar surface area (TPSA) is 75.7 Å². The molecular weight excluding hydrogens is 491 g/mol. The summed E-state index contributed by atoms with van der Waals surface area (Å²) in [4.78, 5) is 39.0. The molecule has 1 heterocycles. The Morgan fingerprint density at radius 2 is 1.82 bits per heavy atom. The standard InChI is InChI=1S/C25H18BrFN2O4/c1-15-5-4-7-19(11-15)29-24(31)20(23(30)28-25(29)32)13-17-12-18(26)9-10-22(17)33-14-16-6-2-3-8-21(16)27/h2-13H,14H2,1H3,(H,28,30,32)/b20-13+. The molecule has 0 atom stereocenters. The number of imide groups is 2. The molecule has 4 rings (SSSR count). The van der Waals surface area contributed by atoms with Crippen LogP contribution in [0, 0.1) is 12.7 Å². The van der Waals surface area contributed by atoms with Gasteiger partial charge in [0.1, 0.15) is 23.7 Å². The molecule has 0 radical (unpaired) electrons. The van der Waals surface area contributed by atoms with Crippen molar-refractivity contribution in [2.24, 2.45) is 0 Å². The van der Waals surface area contributed by atoms with Gasteiger partial charge in [0.05, 0.1) is 5.69 Å². The number of aryl methyl sites for hydroxylation is 1. The van der Waals surface area contributed by atoms with Crippen LogP contribution >= 0.6 is 15.9 Å². The van der Waals surface area contributed by atoms with Gasteiger partial charge in [0, 0.05) is 15.6 Å². The first-order chi connectivity index (χ1) is 15.8. The van der Waals surface area contributed by atoms with E-state index < -0.39 is 23.7 Å². The van der Waals surface area contributed by atoms with Gasteiger partial charge in [-0.2, -0.15) is 0 Å². The third kappa shape index (κ3) is 4.85. The van der Waals surface area contributed by atoms with E-state index in [1.54, 1.807) is 54.6 Å². The highest BCUT2D eigenvalue weighted by Crippen LogP contribution is 2.29. The second-order valence-corrected chi connectivity index (χ2v) is 8.27. The smallest absolute Gasteiger partial charge is 0.335 e. The fraction of sp³-hybridized carbons (Fsp3) is 0.0800. The minimum absolute atomic E-state index is 0.0431. The van der Waals surface area contributed by atoms with E-state index in [4.69, 9.17) is 4.74 Å². The Kier molecular flexibility index (Phi) is 6.37. The molecule has 166 valence electrons. The highest BCUT2D eigenvalue weighted by Gasteiger charge is 2.37. The van der Waals surface area contributed by atoms with E-state index in [0.29, 0.717) is 27.0 Å². The van der Waals surface area contributed by atoms with Crippen molar-refractivity contribution in [2.45, 2.75) is 13.5 Å². The van der Waals surface area contributed by atoms with Gasteiger partial charge in [0.25, 0.3) is 11.8 Å². The molecule has 0 aromatic heterocycles. The number of nitrogens with zero attached hydrogens (tertiary/aromatic N) is 1. The molecule has 0 saturated carbocycles. The lowest BCUT2D eigenvalue weighted by Gasteiger charge is -2.26. The van der Waals surface area contributed by atoms with Crippen LogP contribution < -0.4 is 15.0 Å². The van der Waals surface area contributed by atoms with Crippen molar-refractivity contribution in [3.8, 4) is 5.75 Å². The van der Waals surface area contributed by atoms with Crippen LogP contribution in [-0.4, -0.2) is 17.8 Å². The van der Waals surface area contributed by atoms with Crippen molar-refractivity contribution in [3.63, 3.8) is 0 Å². The largest absolute Gasteiger partial charge is 0.488 e. The molecular formula is C25H18BrFN2O4. The van der Waals surface area contributed by atoms with Crippen LogP contribution in [0.4, 0.5) is 14.9 Å². The Hall–Kier alpha value is -3.78. The first-order valence-electron chi connectivity index (χ1n) is 9.97. The number of rotatable bonds is 5. The van der Waals surface area contributed by atoms with Crippen molar-refractivity contribution < 1.29 is 23.5 Å². The minimum atomic E-state index is -0.821. The van der Waals surface area contributed by atoms with Gasteiger partial charge in [-0.25, -0.2) is 14.1 Å². The highest BCUT2D eigenvalue weighted by molar-refractivity contribution is 9.10. The quantitative estimate of drug-likeness (QED) is 0.382. The Labute approximate surface area is 197 Å². The fourth-order valence-corrected chi connectivity index (χ4v) is 3.73. The summed E-state index contributed by atoms with van der Waals surface area (Å²) in [7, 11) is 0. The molecule has 0 aliphatic carbocycles. The second-order valence-electron chi connectivity index (χ2n) is 7.36. The zero-order valence-electron chi connectivity index (χ0n) is 17.5. The molecule has 1 aliphatic heterocycles. The average Bonchev–Trinajstić information content (AvgIpc) is 2.77. The Morgan fingerprint density at radius 1 is 1.03 bits per heavy atom. The molecule has 0 unspecified atom stereocenters. The molecule has 3 aromatic carbocycles. The average molecular weight is 509 g/mol. The van der Waals surface area contributed by atoms with Gasteiger partial charge in [-0.1, -0.05) is 46.3 Å². The van der Waals surface area contributed by atoms with Gasteiger partial charge in [0.2, 0.25) is 0 Å². The summed E-state index contributed by atoms with van der Waals surface area (Å²) in [5.74, 6) is -1.62. The fourth-order valence-electron chi connectivity index (χ4n) is 3.35. The Bertz CT molecular complexity index is 1310. The number of carbonyl (C=O) groups is 3. The summed E-state index contributed by atoms with van der Waals surface area (Å²) < 4.78 is 20.4. The molecule has 3 aromatic rings. The SMILES string of the molecule is Cc1cccc(N2C(=O)NC(=O)/C(=C\c3cc(Br)ccc3OCc3ccccc3F)C2=O)c1. The van der Waals surface area contributed by atoms with Gasteiger partial charge < -0.3 is 4.74 Å². The third-order valence-corrected chi connectivity index (χ3v) is 5.47. The molecule has 1 fully saturated rings. The van der Waals surface area contributed by atoms with Gasteiger partial charge >= 0.3 is 6.03 Å². The molecule has 0 bridgehead atoms. The normalized spacial score (nSPS) is 15.1. The van der Waals surface area contributed by atoms with E-state index in [0.717, 1.165) is 10.5 Å². The molecule has 0 spiro atoms. The monoisotopic (exact) mass is 508 g/mol. The molecule has 1 N–H and O–H groups in total. The number of ether oxygens (including phenoxy) is 1. The third-order valence-electron chi connectivity index (χ3n) is 4.97. The van der Waals surface area contributed by atoms with Crippen LogP contribution in [-0.2, 0) is 16.2 Å². The first-order valence-corrected chi connectivity index (χ1v) is 10.8. The van der Waals surface area contributed by atoms with Crippen LogP contribution in [0.2, 0.25) is 0 Å². The van der Waals surface area contributed by atoms with Crippen molar-refractivity contribution in [2.75, 3.05) is 4.90 Å². The number of halogens is 2. The highest BCUT2D eigenvalue weighted by atomic mass is 79.9. The molecule has 4 amide bonds.